The molecule has 0 aliphatic carbocycles. The van der Waals surface area contributed by atoms with E-state index in [4.69, 9.17) is 45.3 Å². The molecular weight excluding hydrogens is 317 g/mol. The molecule has 0 spiro atoms. The first kappa shape index (κ1) is 15.5. The Morgan fingerprint density at radius 3 is 2.35 bits per heavy atom. The van der Waals surface area contributed by atoms with Gasteiger partial charge in [-0.05, 0) is 47.9 Å². The zero-order valence-electron chi connectivity index (χ0n) is 10.9. The molecule has 0 fully saturated rings. The fraction of sp³-hybridized carbons (Fsp3) is 0.200. The topological polar surface area (TPSA) is 35.2 Å². The van der Waals surface area contributed by atoms with E-state index in [9.17, 15) is 0 Å². The largest absolute Gasteiger partial charge is 0.496 e. The second-order valence-electron chi connectivity index (χ2n) is 4.43. The van der Waals surface area contributed by atoms with Gasteiger partial charge < -0.3 is 10.5 Å². The van der Waals surface area contributed by atoms with Crippen molar-refractivity contribution in [3.8, 4) is 5.75 Å². The molecule has 0 aliphatic heterocycles. The van der Waals surface area contributed by atoms with E-state index >= 15 is 0 Å². The number of hydrogen-bond acceptors (Lipinski definition) is 2. The first-order valence-corrected chi connectivity index (χ1v) is 7.17. The molecule has 2 N–H and O–H groups in total. The average molecular weight is 331 g/mol. The van der Waals surface area contributed by atoms with Crippen LogP contribution in [0.1, 0.15) is 17.2 Å². The van der Waals surface area contributed by atoms with Crippen molar-refractivity contribution in [1.82, 2.24) is 0 Å². The van der Waals surface area contributed by atoms with Crippen molar-refractivity contribution in [2.45, 2.75) is 12.5 Å². The Bertz CT molecular complexity index is 616. The SMILES string of the molecule is COc1ccc(Cl)cc1CC(N)c1ccc(Cl)cc1Cl. The molecule has 1 atom stereocenters. The van der Waals surface area contributed by atoms with Gasteiger partial charge in [0.2, 0.25) is 0 Å². The molecule has 0 saturated carbocycles. The molecule has 0 aromatic heterocycles. The Hall–Kier alpha value is -0.930. The van der Waals surface area contributed by atoms with Crippen molar-refractivity contribution in [1.29, 1.82) is 0 Å². The fourth-order valence-electron chi connectivity index (χ4n) is 2.06. The first-order chi connectivity index (χ1) is 9.51. The number of benzene rings is 2. The van der Waals surface area contributed by atoms with Gasteiger partial charge in [0.25, 0.3) is 0 Å². The lowest BCUT2D eigenvalue weighted by Gasteiger charge is -2.16. The predicted molar refractivity (Wildman–Crippen MR) is 85.1 cm³/mol. The number of rotatable bonds is 4. The number of methoxy groups -OCH3 is 1. The van der Waals surface area contributed by atoms with E-state index < -0.39 is 0 Å². The minimum Gasteiger partial charge on any atom is -0.496 e. The molecule has 0 radical (unpaired) electrons. The maximum Gasteiger partial charge on any atom is 0.122 e. The van der Waals surface area contributed by atoms with Gasteiger partial charge in [-0.3, -0.25) is 0 Å². The molecule has 2 nitrogen and oxygen atoms in total. The fourth-order valence-corrected chi connectivity index (χ4v) is 2.80. The van der Waals surface area contributed by atoms with Gasteiger partial charge >= 0.3 is 0 Å². The van der Waals surface area contributed by atoms with Gasteiger partial charge in [0.1, 0.15) is 5.75 Å². The molecule has 1 unspecified atom stereocenters. The van der Waals surface area contributed by atoms with Crippen LogP contribution in [0.5, 0.6) is 5.75 Å². The summed E-state index contributed by atoms with van der Waals surface area (Å²) in [5, 5.41) is 1.80. The smallest absolute Gasteiger partial charge is 0.122 e. The monoisotopic (exact) mass is 329 g/mol. The Labute approximate surface area is 133 Å². The van der Waals surface area contributed by atoms with Crippen LogP contribution in [0.15, 0.2) is 36.4 Å². The molecule has 20 heavy (non-hydrogen) atoms. The second kappa shape index (κ2) is 6.68. The molecular formula is C15H14Cl3NO. The minimum absolute atomic E-state index is 0.257. The van der Waals surface area contributed by atoms with Gasteiger partial charge in [-0.1, -0.05) is 40.9 Å². The summed E-state index contributed by atoms with van der Waals surface area (Å²) in [5.41, 5.74) is 8.01. The van der Waals surface area contributed by atoms with E-state index in [-0.39, 0.29) is 6.04 Å². The van der Waals surface area contributed by atoms with Crippen LogP contribution in [0.3, 0.4) is 0 Å². The zero-order chi connectivity index (χ0) is 14.7. The van der Waals surface area contributed by atoms with Crippen LogP contribution in [0.2, 0.25) is 15.1 Å². The van der Waals surface area contributed by atoms with Gasteiger partial charge in [-0.15, -0.1) is 0 Å². The molecule has 0 heterocycles. The van der Waals surface area contributed by atoms with Gasteiger partial charge in [-0.2, -0.15) is 0 Å². The maximum atomic E-state index is 6.23. The molecule has 0 aliphatic rings. The van der Waals surface area contributed by atoms with Crippen LogP contribution in [0.4, 0.5) is 0 Å². The van der Waals surface area contributed by atoms with Crippen LogP contribution in [-0.4, -0.2) is 7.11 Å². The molecule has 0 bridgehead atoms. The lowest BCUT2D eigenvalue weighted by molar-refractivity contribution is 0.408. The number of nitrogens with two attached hydrogens (primary N) is 1. The van der Waals surface area contributed by atoms with Gasteiger partial charge in [-0.25, -0.2) is 0 Å². The highest BCUT2D eigenvalue weighted by atomic mass is 35.5. The van der Waals surface area contributed by atoms with E-state index in [0.29, 0.717) is 21.5 Å². The molecule has 2 aromatic rings. The Morgan fingerprint density at radius 1 is 1.05 bits per heavy atom. The standard InChI is InChI=1S/C15H14Cl3NO/c1-20-15-5-3-10(16)6-9(15)7-14(19)12-4-2-11(17)8-13(12)18/h2-6,8,14H,7,19H2,1H3. The highest BCUT2D eigenvalue weighted by Crippen LogP contribution is 2.30. The van der Waals surface area contributed by atoms with E-state index in [0.717, 1.165) is 16.9 Å². The zero-order valence-corrected chi connectivity index (χ0v) is 13.1. The summed E-state index contributed by atoms with van der Waals surface area (Å²) in [6, 6.07) is 10.5. The molecule has 2 aromatic carbocycles. The van der Waals surface area contributed by atoms with Crippen molar-refractivity contribution in [2.24, 2.45) is 5.73 Å². The molecule has 0 saturated heterocycles. The Kier molecular flexibility index (Phi) is 5.17. The quantitative estimate of drug-likeness (QED) is 0.865. The van der Waals surface area contributed by atoms with E-state index in [2.05, 4.69) is 0 Å². The highest BCUT2D eigenvalue weighted by Gasteiger charge is 2.14. The van der Waals surface area contributed by atoms with Gasteiger partial charge in [0, 0.05) is 21.1 Å². The van der Waals surface area contributed by atoms with Crippen LogP contribution in [0.25, 0.3) is 0 Å². The van der Waals surface area contributed by atoms with Crippen molar-refractivity contribution in [2.75, 3.05) is 7.11 Å². The summed E-state index contributed by atoms with van der Waals surface area (Å²) in [7, 11) is 1.62. The van der Waals surface area contributed by atoms with Crippen molar-refractivity contribution in [3.05, 3.63) is 62.6 Å². The average Bonchev–Trinajstić information content (AvgIpc) is 2.38. The van der Waals surface area contributed by atoms with Gasteiger partial charge in [0.05, 0.1) is 7.11 Å². The summed E-state index contributed by atoms with van der Waals surface area (Å²) >= 11 is 18.1. The van der Waals surface area contributed by atoms with E-state index in [1.54, 1.807) is 25.3 Å². The normalized spacial score (nSPS) is 12.2. The minimum atomic E-state index is -0.257. The lowest BCUT2D eigenvalue weighted by atomic mass is 9.99. The molecule has 5 heteroatoms. The highest BCUT2D eigenvalue weighted by molar-refractivity contribution is 6.35. The summed E-state index contributed by atoms with van der Waals surface area (Å²) in [4.78, 5) is 0. The van der Waals surface area contributed by atoms with Crippen molar-refractivity contribution < 1.29 is 4.74 Å². The van der Waals surface area contributed by atoms with E-state index in [1.165, 1.54) is 0 Å². The van der Waals surface area contributed by atoms with Crippen LogP contribution < -0.4 is 10.5 Å². The number of hydrogen-bond donors (Lipinski definition) is 1. The molecule has 2 rings (SSSR count). The van der Waals surface area contributed by atoms with Crippen LogP contribution >= 0.6 is 34.8 Å². The van der Waals surface area contributed by atoms with Crippen molar-refractivity contribution >= 4 is 34.8 Å². The third kappa shape index (κ3) is 3.58. The number of ether oxygens (including phenoxy) is 1. The lowest BCUT2D eigenvalue weighted by Crippen LogP contribution is -2.14. The first-order valence-electron chi connectivity index (χ1n) is 6.04. The van der Waals surface area contributed by atoms with Gasteiger partial charge in [0.15, 0.2) is 0 Å². The third-order valence-corrected chi connectivity index (χ3v) is 3.84. The number of halogens is 3. The predicted octanol–water partition coefficient (Wildman–Crippen LogP) is 4.90. The summed E-state index contributed by atoms with van der Waals surface area (Å²) < 4.78 is 5.32. The Morgan fingerprint density at radius 2 is 1.70 bits per heavy atom. The van der Waals surface area contributed by atoms with E-state index in [1.807, 2.05) is 18.2 Å². The van der Waals surface area contributed by atoms with Crippen molar-refractivity contribution in [3.63, 3.8) is 0 Å². The van der Waals surface area contributed by atoms with Crippen LogP contribution in [-0.2, 0) is 6.42 Å². The Balaban J connectivity index is 2.27. The maximum absolute atomic E-state index is 6.23. The summed E-state index contributed by atoms with van der Waals surface area (Å²) in [6.07, 6.45) is 0.574. The third-order valence-electron chi connectivity index (χ3n) is 3.04. The summed E-state index contributed by atoms with van der Waals surface area (Å²) in [6.45, 7) is 0. The summed E-state index contributed by atoms with van der Waals surface area (Å²) in [5.74, 6) is 0.759. The molecule has 106 valence electrons. The molecule has 0 amide bonds. The van der Waals surface area contributed by atoms with Crippen LogP contribution in [0, 0.1) is 0 Å². The second-order valence-corrected chi connectivity index (χ2v) is 5.71.